The van der Waals surface area contributed by atoms with E-state index in [-0.39, 0.29) is 11.8 Å². The van der Waals surface area contributed by atoms with Gasteiger partial charge in [0, 0.05) is 19.4 Å². The molecule has 0 atom stereocenters. The molecule has 5 N–H and O–H groups in total. The monoisotopic (exact) mass is 415 g/mol. The molecule has 0 heterocycles. The van der Waals surface area contributed by atoms with Crippen LogP contribution in [0.5, 0.6) is 0 Å². The third-order valence-corrected chi connectivity index (χ3v) is 5.23. The Hall–Kier alpha value is -1.10. The minimum absolute atomic E-state index is 0.179. The van der Waals surface area contributed by atoms with Crippen LogP contribution >= 0.6 is 0 Å². The summed E-state index contributed by atoms with van der Waals surface area (Å²) >= 11 is 0. The number of nitrogens with two attached hydrogens (primary N) is 2. The molecule has 5 heteroatoms. The average Bonchev–Trinajstić information content (AvgIpc) is 2.55. The SMILES string of the molecule is CC(C)C(CCC(N)=O)C(C)C.CCN.CCNC(=O)CCC(C(C)C)C(C)C. The summed E-state index contributed by atoms with van der Waals surface area (Å²) in [4.78, 5) is 21.9. The second-order valence-electron chi connectivity index (χ2n) is 9.21. The molecule has 0 saturated heterocycles. The van der Waals surface area contributed by atoms with E-state index in [1.807, 2.05) is 13.8 Å². The zero-order valence-electron chi connectivity index (χ0n) is 21.2. The molecular weight excluding hydrogens is 362 g/mol. The second-order valence-corrected chi connectivity index (χ2v) is 9.21. The first kappa shape index (κ1) is 32.6. The molecule has 176 valence electrons. The van der Waals surface area contributed by atoms with Gasteiger partial charge < -0.3 is 16.8 Å². The molecule has 0 aliphatic rings. The summed E-state index contributed by atoms with van der Waals surface area (Å²) < 4.78 is 0. The van der Waals surface area contributed by atoms with E-state index in [0.29, 0.717) is 48.3 Å². The van der Waals surface area contributed by atoms with Gasteiger partial charge in [0.2, 0.25) is 11.8 Å². The van der Waals surface area contributed by atoms with Gasteiger partial charge in [-0.25, -0.2) is 0 Å². The Morgan fingerprint density at radius 1 is 0.724 bits per heavy atom. The molecule has 0 rings (SSSR count). The van der Waals surface area contributed by atoms with E-state index in [1.54, 1.807) is 0 Å². The fourth-order valence-corrected chi connectivity index (χ4v) is 3.77. The molecule has 2 amide bonds. The highest BCUT2D eigenvalue weighted by atomic mass is 16.1. The van der Waals surface area contributed by atoms with Gasteiger partial charge >= 0.3 is 0 Å². The van der Waals surface area contributed by atoms with E-state index in [0.717, 1.165) is 25.9 Å². The van der Waals surface area contributed by atoms with Crippen molar-refractivity contribution in [2.24, 2.45) is 47.0 Å². The van der Waals surface area contributed by atoms with Crippen LogP contribution in [0.15, 0.2) is 0 Å². The minimum atomic E-state index is -0.179. The van der Waals surface area contributed by atoms with Crippen molar-refractivity contribution in [3.05, 3.63) is 0 Å². The van der Waals surface area contributed by atoms with Crippen molar-refractivity contribution in [3.8, 4) is 0 Å². The molecule has 0 aromatic carbocycles. The highest BCUT2D eigenvalue weighted by Crippen LogP contribution is 2.25. The number of rotatable bonds is 11. The van der Waals surface area contributed by atoms with Crippen LogP contribution in [-0.2, 0) is 9.59 Å². The van der Waals surface area contributed by atoms with E-state index >= 15 is 0 Å². The lowest BCUT2D eigenvalue weighted by molar-refractivity contribution is -0.121. The first-order valence-electron chi connectivity index (χ1n) is 11.6. The lowest BCUT2D eigenvalue weighted by Gasteiger charge is -2.24. The van der Waals surface area contributed by atoms with Crippen LogP contribution in [0.2, 0.25) is 0 Å². The summed E-state index contributed by atoms with van der Waals surface area (Å²) in [6.07, 6.45) is 3.15. The minimum Gasteiger partial charge on any atom is -0.370 e. The zero-order valence-corrected chi connectivity index (χ0v) is 21.2. The Morgan fingerprint density at radius 2 is 1.03 bits per heavy atom. The summed E-state index contributed by atoms with van der Waals surface area (Å²) in [6, 6.07) is 0. The van der Waals surface area contributed by atoms with E-state index in [9.17, 15) is 9.59 Å². The molecule has 0 aliphatic carbocycles. The van der Waals surface area contributed by atoms with Gasteiger partial charge in [0.15, 0.2) is 0 Å². The molecule has 0 saturated carbocycles. The van der Waals surface area contributed by atoms with Gasteiger partial charge in [0.1, 0.15) is 0 Å². The number of nitrogens with one attached hydrogen (secondary N) is 1. The van der Waals surface area contributed by atoms with Crippen molar-refractivity contribution in [2.75, 3.05) is 13.1 Å². The lowest BCUT2D eigenvalue weighted by Crippen LogP contribution is -2.25. The van der Waals surface area contributed by atoms with Crippen molar-refractivity contribution in [3.63, 3.8) is 0 Å². The average molecular weight is 416 g/mol. The van der Waals surface area contributed by atoms with Crippen LogP contribution in [-0.4, -0.2) is 24.9 Å². The zero-order chi connectivity index (χ0) is 23.6. The third-order valence-electron chi connectivity index (χ3n) is 5.23. The smallest absolute Gasteiger partial charge is 0.219 e. The number of amides is 2. The van der Waals surface area contributed by atoms with Crippen molar-refractivity contribution >= 4 is 11.8 Å². The largest absolute Gasteiger partial charge is 0.370 e. The Morgan fingerprint density at radius 3 is 1.28 bits per heavy atom. The number of hydrogen-bond donors (Lipinski definition) is 3. The van der Waals surface area contributed by atoms with E-state index < -0.39 is 0 Å². The van der Waals surface area contributed by atoms with Crippen molar-refractivity contribution in [2.45, 2.75) is 94.9 Å². The molecule has 5 nitrogen and oxygen atoms in total. The number of carbonyl (C=O) groups is 2. The fourth-order valence-electron chi connectivity index (χ4n) is 3.77. The highest BCUT2D eigenvalue weighted by molar-refractivity contribution is 5.75. The van der Waals surface area contributed by atoms with E-state index in [1.165, 1.54) is 0 Å². The van der Waals surface area contributed by atoms with Crippen molar-refractivity contribution < 1.29 is 9.59 Å². The summed E-state index contributed by atoms with van der Waals surface area (Å²) in [5, 5.41) is 2.84. The maximum atomic E-state index is 11.3. The quantitative estimate of drug-likeness (QED) is 0.444. The van der Waals surface area contributed by atoms with Crippen molar-refractivity contribution in [1.29, 1.82) is 0 Å². The molecule has 0 bridgehead atoms. The van der Waals surface area contributed by atoms with Crippen LogP contribution in [0, 0.1) is 35.5 Å². The molecule has 0 radical (unpaired) electrons. The molecule has 0 aliphatic heterocycles. The van der Waals surface area contributed by atoms with Gasteiger partial charge in [0.05, 0.1) is 0 Å². The van der Waals surface area contributed by atoms with Crippen LogP contribution in [0.3, 0.4) is 0 Å². The molecule has 0 aromatic rings. The predicted molar refractivity (Wildman–Crippen MR) is 127 cm³/mol. The lowest BCUT2D eigenvalue weighted by atomic mass is 9.82. The number of hydrogen-bond acceptors (Lipinski definition) is 3. The first-order chi connectivity index (χ1) is 13.3. The first-order valence-corrected chi connectivity index (χ1v) is 11.6. The van der Waals surface area contributed by atoms with Gasteiger partial charge in [-0.3, -0.25) is 9.59 Å². The Kier molecular flexibility index (Phi) is 22.7. The van der Waals surface area contributed by atoms with Crippen LogP contribution in [0.25, 0.3) is 0 Å². The molecule has 29 heavy (non-hydrogen) atoms. The van der Waals surface area contributed by atoms with Gasteiger partial charge in [-0.1, -0.05) is 62.3 Å². The van der Waals surface area contributed by atoms with Crippen LogP contribution < -0.4 is 16.8 Å². The normalized spacial score (nSPS) is 10.9. The summed E-state index contributed by atoms with van der Waals surface area (Å²) in [5.41, 5.74) is 9.95. The topological polar surface area (TPSA) is 98.2 Å². The third kappa shape index (κ3) is 21.4. The van der Waals surface area contributed by atoms with Gasteiger partial charge in [-0.2, -0.15) is 0 Å². The standard InChI is InChI=1S/C12H25NO.C10H21NO.C2H7N/c1-6-13-12(14)8-7-11(9(2)3)10(4)5;1-7(2)9(8(3)4)5-6-10(11)12;1-2-3/h9-11H,6-8H2,1-5H3,(H,13,14);7-9H,5-6H2,1-4H3,(H2,11,12);2-3H2,1H3. The molecular formula is C24H53N3O2. The second kappa shape index (κ2) is 20.2. The molecule has 0 aromatic heterocycles. The van der Waals surface area contributed by atoms with Crippen molar-refractivity contribution in [1.82, 2.24) is 5.32 Å². The van der Waals surface area contributed by atoms with Crippen LogP contribution in [0.4, 0.5) is 0 Å². The maximum Gasteiger partial charge on any atom is 0.219 e. The Balaban J connectivity index is -0.000000414. The number of primary amides is 1. The van der Waals surface area contributed by atoms with Gasteiger partial charge in [-0.15, -0.1) is 0 Å². The van der Waals surface area contributed by atoms with Gasteiger partial charge in [-0.05, 0) is 61.8 Å². The van der Waals surface area contributed by atoms with E-state index in [2.05, 4.69) is 60.7 Å². The Bertz CT molecular complexity index is 378. The van der Waals surface area contributed by atoms with Gasteiger partial charge in [0.25, 0.3) is 0 Å². The highest BCUT2D eigenvalue weighted by Gasteiger charge is 2.18. The summed E-state index contributed by atoms with van der Waals surface area (Å²) in [5.74, 6) is 3.93. The fraction of sp³-hybridized carbons (Fsp3) is 0.917. The van der Waals surface area contributed by atoms with E-state index in [4.69, 9.17) is 11.5 Å². The molecule has 0 unspecified atom stereocenters. The molecule has 0 fully saturated rings. The summed E-state index contributed by atoms with van der Waals surface area (Å²) in [6.45, 7) is 23.1. The maximum absolute atomic E-state index is 11.3. The predicted octanol–water partition coefficient (Wildman–Crippen LogP) is 4.98. The van der Waals surface area contributed by atoms with Crippen LogP contribution in [0.1, 0.15) is 94.9 Å². The molecule has 0 spiro atoms. The number of carbonyl (C=O) groups excluding carboxylic acids is 2. The Labute approximate surface area is 182 Å². The summed E-state index contributed by atoms with van der Waals surface area (Å²) in [7, 11) is 0.